The summed E-state index contributed by atoms with van der Waals surface area (Å²) in [6.45, 7) is 11.2. The topological polar surface area (TPSA) is 17.8 Å². The Bertz CT molecular complexity index is 1130. The highest BCUT2D eigenvalue weighted by atomic mass is 15.1. The summed E-state index contributed by atoms with van der Waals surface area (Å²) in [5, 5.41) is 0. The highest BCUT2D eigenvalue weighted by Crippen LogP contribution is 2.38. The van der Waals surface area contributed by atoms with E-state index in [2.05, 4.69) is 106 Å². The number of nitrogens with zero attached hydrogens (tertiary/aromatic N) is 2. The minimum absolute atomic E-state index is 0.222. The Morgan fingerprint density at radius 2 is 1.46 bits per heavy atom. The largest absolute Gasteiger partial charge is 0.295 e. The maximum absolute atomic E-state index is 5.16. The molecular formula is C26H28N2. The SMILES string of the molecule is CCc1ccccc1C(C)(C)c1nc2ccccc2n1-c1c(C)cccc1C. The lowest BCUT2D eigenvalue weighted by atomic mass is 9.80. The molecule has 0 radical (unpaired) electrons. The molecule has 4 rings (SSSR count). The van der Waals surface area contributed by atoms with Gasteiger partial charge in [-0.1, -0.05) is 61.5 Å². The predicted octanol–water partition coefficient (Wildman–Crippen LogP) is 6.53. The van der Waals surface area contributed by atoms with Gasteiger partial charge in [-0.2, -0.15) is 0 Å². The van der Waals surface area contributed by atoms with E-state index >= 15 is 0 Å². The van der Waals surface area contributed by atoms with E-state index in [0.717, 1.165) is 23.3 Å². The number of benzene rings is 3. The Hall–Kier alpha value is -2.87. The fourth-order valence-corrected chi connectivity index (χ4v) is 4.39. The summed E-state index contributed by atoms with van der Waals surface area (Å²) in [5.74, 6) is 1.09. The van der Waals surface area contributed by atoms with Gasteiger partial charge >= 0.3 is 0 Å². The Labute approximate surface area is 167 Å². The van der Waals surface area contributed by atoms with Crippen LogP contribution in [0.25, 0.3) is 16.7 Å². The zero-order chi connectivity index (χ0) is 19.9. The molecule has 0 aliphatic heterocycles. The second-order valence-electron chi connectivity index (χ2n) is 8.14. The summed E-state index contributed by atoms with van der Waals surface area (Å²) in [6, 6.07) is 23.7. The van der Waals surface area contributed by atoms with E-state index in [-0.39, 0.29) is 5.41 Å². The fraction of sp³-hybridized carbons (Fsp3) is 0.269. The van der Waals surface area contributed by atoms with Gasteiger partial charge in [0.15, 0.2) is 0 Å². The second kappa shape index (κ2) is 6.94. The van der Waals surface area contributed by atoms with Gasteiger partial charge in [0.1, 0.15) is 5.82 Å². The zero-order valence-electron chi connectivity index (χ0n) is 17.5. The summed E-state index contributed by atoms with van der Waals surface area (Å²) < 4.78 is 2.38. The number of rotatable bonds is 4. The van der Waals surface area contributed by atoms with Crippen molar-refractivity contribution in [3.05, 3.63) is 94.8 Å². The van der Waals surface area contributed by atoms with Crippen LogP contribution < -0.4 is 0 Å². The van der Waals surface area contributed by atoms with Crippen LogP contribution in [-0.4, -0.2) is 9.55 Å². The maximum Gasteiger partial charge on any atom is 0.124 e. The van der Waals surface area contributed by atoms with Gasteiger partial charge in [-0.3, -0.25) is 4.57 Å². The van der Waals surface area contributed by atoms with Crippen molar-refractivity contribution in [2.75, 3.05) is 0 Å². The van der Waals surface area contributed by atoms with Crippen LogP contribution in [0.3, 0.4) is 0 Å². The Balaban J connectivity index is 2.08. The molecule has 28 heavy (non-hydrogen) atoms. The van der Waals surface area contributed by atoms with Crippen LogP contribution in [-0.2, 0) is 11.8 Å². The van der Waals surface area contributed by atoms with E-state index in [1.807, 2.05) is 0 Å². The highest BCUT2D eigenvalue weighted by molar-refractivity contribution is 5.79. The molecule has 0 atom stereocenters. The average Bonchev–Trinajstić information content (AvgIpc) is 3.08. The molecule has 0 aliphatic rings. The number of aromatic nitrogens is 2. The molecule has 1 aromatic heterocycles. The molecule has 0 saturated carbocycles. The molecule has 0 fully saturated rings. The van der Waals surface area contributed by atoms with E-state index in [0.29, 0.717) is 0 Å². The third-order valence-corrected chi connectivity index (χ3v) is 5.85. The van der Waals surface area contributed by atoms with Crippen molar-refractivity contribution >= 4 is 11.0 Å². The lowest BCUT2D eigenvalue weighted by Crippen LogP contribution is -2.26. The third kappa shape index (κ3) is 2.84. The first kappa shape index (κ1) is 18.5. The van der Waals surface area contributed by atoms with E-state index in [1.54, 1.807) is 0 Å². The monoisotopic (exact) mass is 368 g/mol. The van der Waals surface area contributed by atoms with Crippen LogP contribution in [0.1, 0.15) is 48.8 Å². The third-order valence-electron chi connectivity index (χ3n) is 5.85. The van der Waals surface area contributed by atoms with Gasteiger partial charge in [0, 0.05) is 5.41 Å². The lowest BCUT2D eigenvalue weighted by Gasteiger charge is -2.29. The van der Waals surface area contributed by atoms with Crippen molar-refractivity contribution in [2.24, 2.45) is 0 Å². The molecule has 4 aromatic rings. The maximum atomic E-state index is 5.16. The summed E-state index contributed by atoms with van der Waals surface area (Å²) >= 11 is 0. The molecule has 0 bridgehead atoms. The Kier molecular flexibility index (Phi) is 4.58. The second-order valence-corrected chi connectivity index (χ2v) is 8.14. The molecule has 0 N–H and O–H groups in total. The molecular weight excluding hydrogens is 340 g/mol. The summed E-state index contributed by atoms with van der Waals surface area (Å²) in [6.07, 6.45) is 1.02. The standard InChI is InChI=1S/C26H28N2/c1-6-20-14-7-8-15-21(20)26(4,5)25-27-22-16-9-10-17-23(22)28(25)24-18(2)12-11-13-19(24)3/h7-17H,6H2,1-5H3. The van der Waals surface area contributed by atoms with Gasteiger partial charge in [0.2, 0.25) is 0 Å². The van der Waals surface area contributed by atoms with E-state index in [9.17, 15) is 0 Å². The van der Waals surface area contributed by atoms with Crippen molar-refractivity contribution in [3.8, 4) is 5.69 Å². The molecule has 0 amide bonds. The normalized spacial score (nSPS) is 11.9. The first-order chi connectivity index (χ1) is 13.4. The van der Waals surface area contributed by atoms with Gasteiger partial charge in [0.25, 0.3) is 0 Å². The summed E-state index contributed by atoms with van der Waals surface area (Å²) in [4.78, 5) is 5.16. The van der Waals surface area contributed by atoms with E-state index in [1.165, 1.54) is 27.9 Å². The Morgan fingerprint density at radius 1 is 0.821 bits per heavy atom. The van der Waals surface area contributed by atoms with Crippen LogP contribution in [0, 0.1) is 13.8 Å². The molecule has 2 nitrogen and oxygen atoms in total. The number of hydrogen-bond donors (Lipinski definition) is 0. The van der Waals surface area contributed by atoms with Gasteiger partial charge < -0.3 is 0 Å². The van der Waals surface area contributed by atoms with Crippen molar-refractivity contribution < 1.29 is 0 Å². The molecule has 2 heteroatoms. The smallest absolute Gasteiger partial charge is 0.124 e. The predicted molar refractivity (Wildman–Crippen MR) is 118 cm³/mol. The molecule has 1 heterocycles. The van der Waals surface area contributed by atoms with Crippen LogP contribution in [0.5, 0.6) is 0 Å². The fourth-order valence-electron chi connectivity index (χ4n) is 4.39. The van der Waals surface area contributed by atoms with Crippen LogP contribution in [0.15, 0.2) is 66.7 Å². The first-order valence-electron chi connectivity index (χ1n) is 10.1. The molecule has 0 aliphatic carbocycles. The Morgan fingerprint density at radius 3 is 2.18 bits per heavy atom. The van der Waals surface area contributed by atoms with Gasteiger partial charge in [-0.05, 0) is 68.5 Å². The van der Waals surface area contributed by atoms with Crippen LogP contribution >= 0.6 is 0 Å². The molecule has 3 aromatic carbocycles. The highest BCUT2D eigenvalue weighted by Gasteiger charge is 2.32. The van der Waals surface area contributed by atoms with Crippen molar-refractivity contribution in [2.45, 2.75) is 46.5 Å². The summed E-state index contributed by atoms with van der Waals surface area (Å²) in [7, 11) is 0. The minimum atomic E-state index is -0.222. The van der Waals surface area contributed by atoms with Gasteiger partial charge in [-0.25, -0.2) is 4.98 Å². The van der Waals surface area contributed by atoms with Gasteiger partial charge in [0.05, 0.1) is 16.7 Å². The molecule has 142 valence electrons. The zero-order valence-corrected chi connectivity index (χ0v) is 17.5. The average molecular weight is 369 g/mol. The van der Waals surface area contributed by atoms with Crippen molar-refractivity contribution in [3.63, 3.8) is 0 Å². The van der Waals surface area contributed by atoms with Crippen molar-refractivity contribution in [1.29, 1.82) is 0 Å². The number of aryl methyl sites for hydroxylation is 3. The summed E-state index contributed by atoms with van der Waals surface area (Å²) in [5.41, 5.74) is 8.49. The number of imidazole rings is 1. The number of para-hydroxylation sites is 3. The van der Waals surface area contributed by atoms with E-state index in [4.69, 9.17) is 4.98 Å². The van der Waals surface area contributed by atoms with Crippen LogP contribution in [0.2, 0.25) is 0 Å². The number of hydrogen-bond acceptors (Lipinski definition) is 1. The number of fused-ring (bicyclic) bond motifs is 1. The van der Waals surface area contributed by atoms with Gasteiger partial charge in [-0.15, -0.1) is 0 Å². The molecule has 0 saturated heterocycles. The van der Waals surface area contributed by atoms with Crippen LogP contribution in [0.4, 0.5) is 0 Å². The molecule has 0 spiro atoms. The first-order valence-corrected chi connectivity index (χ1v) is 10.1. The van der Waals surface area contributed by atoms with Crippen molar-refractivity contribution in [1.82, 2.24) is 9.55 Å². The minimum Gasteiger partial charge on any atom is -0.295 e. The quantitative estimate of drug-likeness (QED) is 0.400. The van der Waals surface area contributed by atoms with E-state index < -0.39 is 0 Å². The lowest BCUT2D eigenvalue weighted by molar-refractivity contribution is 0.576. The molecule has 0 unspecified atom stereocenters.